The molecule has 108 valence electrons. The molecule has 1 fully saturated rings. The lowest BCUT2D eigenvalue weighted by atomic mass is 9.95. The molecule has 0 atom stereocenters. The van der Waals surface area contributed by atoms with Crippen LogP contribution in [0.2, 0.25) is 0 Å². The van der Waals surface area contributed by atoms with Gasteiger partial charge in [-0.15, -0.1) is 0 Å². The number of nitrogens with two attached hydrogens (primary N) is 1. The molecule has 1 aliphatic heterocycles. The Kier molecular flexibility index (Phi) is 2.99. The molecule has 2 heterocycles. The van der Waals surface area contributed by atoms with Crippen molar-refractivity contribution >= 4 is 22.3 Å². The largest absolute Gasteiger partial charge is 0.397 e. The molecule has 4 nitrogen and oxygen atoms in total. The van der Waals surface area contributed by atoms with Gasteiger partial charge >= 0.3 is 6.18 Å². The maximum absolute atomic E-state index is 12.7. The van der Waals surface area contributed by atoms with Gasteiger partial charge in [0.25, 0.3) is 0 Å². The van der Waals surface area contributed by atoms with Crippen molar-refractivity contribution in [3.63, 3.8) is 0 Å². The first kappa shape index (κ1) is 13.1. The van der Waals surface area contributed by atoms with Crippen molar-refractivity contribution < 1.29 is 13.2 Å². The number of nitrogens with zero attached hydrogens (tertiary/aromatic N) is 2. The van der Waals surface area contributed by atoms with E-state index in [-0.39, 0.29) is 12.8 Å². The summed E-state index contributed by atoms with van der Waals surface area (Å²) < 4.78 is 38.0. The van der Waals surface area contributed by atoms with Crippen LogP contribution in [0.1, 0.15) is 12.8 Å². The molecule has 1 aromatic carbocycles. The minimum atomic E-state index is -4.09. The molecule has 1 aromatic heterocycles. The number of nitrogen functional groups attached to an aromatic ring is 1. The molecular weight excluding hydrogens is 269 g/mol. The van der Waals surface area contributed by atoms with Gasteiger partial charge in [-0.2, -0.15) is 18.3 Å². The smallest absolute Gasteiger partial charge is 0.391 e. The molecule has 0 bridgehead atoms. The van der Waals surface area contributed by atoms with Gasteiger partial charge in [0.2, 0.25) is 0 Å². The maximum Gasteiger partial charge on any atom is 0.391 e. The molecule has 0 spiro atoms. The van der Waals surface area contributed by atoms with Crippen LogP contribution in [0, 0.1) is 5.92 Å². The number of piperidine rings is 1. The summed E-state index contributed by atoms with van der Waals surface area (Å²) >= 11 is 0. The second-order valence-electron chi connectivity index (χ2n) is 5.17. The van der Waals surface area contributed by atoms with E-state index in [1.807, 2.05) is 11.0 Å². The van der Waals surface area contributed by atoms with E-state index in [0.717, 1.165) is 16.6 Å². The number of rotatable bonds is 1. The Balaban J connectivity index is 1.81. The average Bonchev–Trinajstić information content (AvgIpc) is 2.84. The number of H-pyrrole nitrogens is 1. The zero-order chi connectivity index (χ0) is 14.3. The summed E-state index contributed by atoms with van der Waals surface area (Å²) in [5.74, 6) is -1.20. The maximum atomic E-state index is 12.7. The van der Waals surface area contributed by atoms with E-state index in [1.165, 1.54) is 0 Å². The summed E-state index contributed by atoms with van der Waals surface area (Å²) in [6, 6.07) is 3.65. The Bertz CT molecular complexity index is 612. The molecule has 0 aliphatic carbocycles. The zero-order valence-electron chi connectivity index (χ0n) is 10.7. The fourth-order valence-corrected chi connectivity index (χ4v) is 2.72. The van der Waals surface area contributed by atoms with E-state index in [1.54, 1.807) is 12.3 Å². The van der Waals surface area contributed by atoms with Crippen LogP contribution < -0.4 is 10.6 Å². The van der Waals surface area contributed by atoms with Gasteiger partial charge in [0, 0.05) is 18.5 Å². The fraction of sp³-hybridized carbons (Fsp3) is 0.462. The predicted molar refractivity (Wildman–Crippen MR) is 71.5 cm³/mol. The van der Waals surface area contributed by atoms with Gasteiger partial charge in [-0.1, -0.05) is 0 Å². The Labute approximate surface area is 113 Å². The van der Waals surface area contributed by atoms with E-state index in [0.29, 0.717) is 18.8 Å². The standard InChI is InChI=1S/C13H15F3N4/c14-13(15,16)9-1-3-20(4-2-9)12-6-11-8(5-10(12)17)7-18-19-11/h5-7,9H,1-4,17H2,(H,18,19). The van der Waals surface area contributed by atoms with Crippen molar-refractivity contribution in [1.82, 2.24) is 10.2 Å². The molecule has 7 heteroatoms. The third-order valence-corrected chi connectivity index (χ3v) is 3.89. The van der Waals surface area contributed by atoms with Gasteiger partial charge in [-0.3, -0.25) is 5.10 Å². The van der Waals surface area contributed by atoms with Gasteiger partial charge < -0.3 is 10.6 Å². The van der Waals surface area contributed by atoms with E-state index in [2.05, 4.69) is 10.2 Å². The van der Waals surface area contributed by atoms with E-state index in [9.17, 15) is 13.2 Å². The summed E-state index contributed by atoms with van der Waals surface area (Å²) in [5, 5.41) is 7.67. The first-order chi connectivity index (χ1) is 9.45. The van der Waals surface area contributed by atoms with Crippen LogP contribution in [0.5, 0.6) is 0 Å². The molecule has 1 saturated heterocycles. The van der Waals surface area contributed by atoms with E-state index in [4.69, 9.17) is 5.73 Å². The number of aromatic nitrogens is 2. The SMILES string of the molecule is Nc1cc2cn[nH]c2cc1N1CCC(C(F)(F)F)CC1. The Morgan fingerprint density at radius 1 is 1.25 bits per heavy atom. The lowest BCUT2D eigenvalue weighted by Crippen LogP contribution is -2.39. The van der Waals surface area contributed by atoms with Crippen molar-refractivity contribution in [1.29, 1.82) is 0 Å². The predicted octanol–water partition coefficient (Wildman–Crippen LogP) is 2.92. The quantitative estimate of drug-likeness (QED) is 0.792. The molecule has 2 aromatic rings. The van der Waals surface area contributed by atoms with E-state index < -0.39 is 12.1 Å². The number of fused-ring (bicyclic) bond motifs is 1. The monoisotopic (exact) mass is 284 g/mol. The summed E-state index contributed by atoms with van der Waals surface area (Å²) in [7, 11) is 0. The molecule has 0 saturated carbocycles. The summed E-state index contributed by atoms with van der Waals surface area (Å²) in [5.41, 5.74) is 8.18. The number of anilines is 2. The van der Waals surface area contributed by atoms with Crippen LogP contribution in [0.15, 0.2) is 18.3 Å². The highest BCUT2D eigenvalue weighted by atomic mass is 19.4. The van der Waals surface area contributed by atoms with Crippen LogP contribution in [0.3, 0.4) is 0 Å². The van der Waals surface area contributed by atoms with Crippen molar-refractivity contribution in [2.45, 2.75) is 19.0 Å². The van der Waals surface area contributed by atoms with Gasteiger partial charge in [0.15, 0.2) is 0 Å². The normalized spacial score (nSPS) is 17.9. The van der Waals surface area contributed by atoms with Gasteiger partial charge in [0.1, 0.15) is 0 Å². The lowest BCUT2D eigenvalue weighted by Gasteiger charge is -2.35. The Morgan fingerprint density at radius 3 is 2.60 bits per heavy atom. The molecule has 0 radical (unpaired) electrons. The summed E-state index contributed by atoms with van der Waals surface area (Å²) in [4.78, 5) is 1.91. The van der Waals surface area contributed by atoms with Crippen LogP contribution in [-0.4, -0.2) is 29.5 Å². The number of alkyl halides is 3. The van der Waals surface area contributed by atoms with Crippen molar-refractivity contribution in [3.8, 4) is 0 Å². The average molecular weight is 284 g/mol. The minimum Gasteiger partial charge on any atom is -0.397 e. The summed E-state index contributed by atoms with van der Waals surface area (Å²) in [6.07, 6.45) is -2.19. The lowest BCUT2D eigenvalue weighted by molar-refractivity contribution is -0.179. The fourth-order valence-electron chi connectivity index (χ4n) is 2.72. The third-order valence-electron chi connectivity index (χ3n) is 3.89. The van der Waals surface area contributed by atoms with Gasteiger partial charge in [-0.25, -0.2) is 0 Å². The molecule has 1 aliphatic rings. The number of nitrogens with one attached hydrogen (secondary N) is 1. The van der Waals surface area contributed by atoms with Gasteiger partial charge in [0.05, 0.1) is 29.0 Å². The van der Waals surface area contributed by atoms with Crippen LogP contribution >= 0.6 is 0 Å². The molecular formula is C13H15F3N4. The highest BCUT2D eigenvalue weighted by Crippen LogP contribution is 2.37. The highest BCUT2D eigenvalue weighted by Gasteiger charge is 2.41. The molecule has 0 unspecified atom stereocenters. The first-order valence-corrected chi connectivity index (χ1v) is 6.49. The molecule has 20 heavy (non-hydrogen) atoms. The third kappa shape index (κ3) is 2.28. The summed E-state index contributed by atoms with van der Waals surface area (Å²) in [6.45, 7) is 0.738. The van der Waals surface area contributed by atoms with Crippen LogP contribution in [0.25, 0.3) is 10.9 Å². The minimum absolute atomic E-state index is 0.115. The first-order valence-electron chi connectivity index (χ1n) is 6.49. The number of halogens is 3. The second-order valence-corrected chi connectivity index (χ2v) is 5.17. The molecule has 3 N–H and O–H groups in total. The zero-order valence-corrected chi connectivity index (χ0v) is 10.7. The molecule has 3 rings (SSSR count). The van der Waals surface area contributed by atoms with Crippen molar-refractivity contribution in [3.05, 3.63) is 18.3 Å². The van der Waals surface area contributed by atoms with Crippen molar-refractivity contribution in [2.24, 2.45) is 5.92 Å². The Hall–Kier alpha value is -1.92. The topological polar surface area (TPSA) is 57.9 Å². The second kappa shape index (κ2) is 4.57. The number of aromatic amines is 1. The molecule has 0 amide bonds. The van der Waals surface area contributed by atoms with Crippen LogP contribution in [0.4, 0.5) is 24.5 Å². The number of hydrogen-bond acceptors (Lipinski definition) is 3. The van der Waals surface area contributed by atoms with E-state index >= 15 is 0 Å². The van der Waals surface area contributed by atoms with Gasteiger partial charge in [-0.05, 0) is 25.0 Å². The highest BCUT2D eigenvalue weighted by molar-refractivity contribution is 5.88. The number of benzene rings is 1. The Morgan fingerprint density at radius 2 is 1.95 bits per heavy atom. The van der Waals surface area contributed by atoms with Crippen LogP contribution in [-0.2, 0) is 0 Å². The van der Waals surface area contributed by atoms with Crippen molar-refractivity contribution in [2.75, 3.05) is 23.7 Å². The number of hydrogen-bond donors (Lipinski definition) is 2.